The molecule has 0 spiro atoms. The van der Waals surface area contributed by atoms with Crippen LogP contribution < -0.4 is 5.32 Å². The summed E-state index contributed by atoms with van der Waals surface area (Å²) in [5.41, 5.74) is 3.97. The van der Waals surface area contributed by atoms with Gasteiger partial charge in [-0.25, -0.2) is 13.4 Å². The summed E-state index contributed by atoms with van der Waals surface area (Å²) < 4.78 is 25.2. The molecule has 0 saturated heterocycles. The average molecular weight is 529 g/mol. The number of aliphatic hydroxyl groups is 1. The van der Waals surface area contributed by atoms with E-state index in [0.717, 1.165) is 21.9 Å². The SMILES string of the molecule is CCS(=O)(=O)c1cccc(-c2cc(C(=O)NCCN(C)CCO)c(C)c3[nH]c4ncc(Cl)cc4c23)c1. The Balaban J connectivity index is 1.89. The molecular formula is C26H29ClN4O4S. The number of hydrogen-bond donors (Lipinski definition) is 3. The van der Waals surface area contributed by atoms with Crippen molar-refractivity contribution in [3.05, 3.63) is 58.7 Å². The molecule has 2 aromatic carbocycles. The summed E-state index contributed by atoms with van der Waals surface area (Å²) in [6.07, 6.45) is 1.55. The fourth-order valence-electron chi connectivity index (χ4n) is 4.29. The number of carbonyl (C=O) groups excluding carboxylic acids is 1. The molecule has 2 heterocycles. The van der Waals surface area contributed by atoms with Crippen molar-refractivity contribution in [1.29, 1.82) is 0 Å². The third-order valence-electron chi connectivity index (χ3n) is 6.34. The Kier molecular flexibility index (Phi) is 7.65. The number of pyridine rings is 1. The molecule has 0 fully saturated rings. The number of sulfone groups is 1. The summed E-state index contributed by atoms with van der Waals surface area (Å²) in [5, 5.41) is 14.1. The van der Waals surface area contributed by atoms with E-state index in [4.69, 9.17) is 16.7 Å². The van der Waals surface area contributed by atoms with E-state index in [0.29, 0.717) is 47.0 Å². The van der Waals surface area contributed by atoms with Gasteiger partial charge in [-0.15, -0.1) is 0 Å². The Morgan fingerprint density at radius 2 is 2.00 bits per heavy atom. The molecule has 0 atom stereocenters. The number of aliphatic hydroxyl groups excluding tert-OH is 1. The maximum atomic E-state index is 13.2. The Hall–Kier alpha value is -2.98. The van der Waals surface area contributed by atoms with Gasteiger partial charge in [0, 0.05) is 42.2 Å². The van der Waals surface area contributed by atoms with Crippen molar-refractivity contribution in [2.75, 3.05) is 39.0 Å². The zero-order valence-corrected chi connectivity index (χ0v) is 22.0. The predicted molar refractivity (Wildman–Crippen MR) is 143 cm³/mol. The Labute approximate surface area is 215 Å². The van der Waals surface area contributed by atoms with Gasteiger partial charge >= 0.3 is 0 Å². The minimum Gasteiger partial charge on any atom is -0.395 e. The number of amides is 1. The maximum absolute atomic E-state index is 13.2. The number of nitrogens with zero attached hydrogens (tertiary/aromatic N) is 2. The molecule has 0 aliphatic carbocycles. The van der Waals surface area contributed by atoms with Crippen LogP contribution in [0.3, 0.4) is 0 Å². The lowest BCUT2D eigenvalue weighted by molar-refractivity contribution is 0.0948. The summed E-state index contributed by atoms with van der Waals surface area (Å²) in [5.74, 6) is -0.250. The third kappa shape index (κ3) is 5.10. The predicted octanol–water partition coefficient (Wildman–Crippen LogP) is 3.79. The van der Waals surface area contributed by atoms with Crippen LogP contribution >= 0.6 is 11.6 Å². The monoisotopic (exact) mass is 528 g/mol. The summed E-state index contributed by atoms with van der Waals surface area (Å²) in [6, 6.07) is 10.4. The van der Waals surface area contributed by atoms with Crippen LogP contribution in [0.2, 0.25) is 5.02 Å². The Morgan fingerprint density at radius 3 is 2.72 bits per heavy atom. The number of nitrogens with one attached hydrogen (secondary N) is 2. The van der Waals surface area contributed by atoms with Crippen molar-refractivity contribution in [2.45, 2.75) is 18.7 Å². The second-order valence-electron chi connectivity index (χ2n) is 8.74. The lowest BCUT2D eigenvalue weighted by Gasteiger charge is -2.16. The second-order valence-corrected chi connectivity index (χ2v) is 11.5. The van der Waals surface area contributed by atoms with Gasteiger partial charge in [0.25, 0.3) is 5.91 Å². The van der Waals surface area contributed by atoms with Crippen LogP contribution in [0, 0.1) is 6.92 Å². The average Bonchev–Trinajstić information content (AvgIpc) is 3.24. The standard InChI is InChI=1S/C26H29ClN4O4S/c1-4-36(34,35)19-7-5-6-17(12-19)21-14-20(26(33)28-8-9-31(3)10-11-32)16(2)24-23(21)22-13-18(27)15-29-25(22)30-24/h5-7,12-15,32H,4,8-11H2,1-3H3,(H,28,33)(H,29,30). The topological polar surface area (TPSA) is 115 Å². The van der Waals surface area contributed by atoms with E-state index in [-0.39, 0.29) is 23.2 Å². The number of rotatable bonds is 9. The molecule has 4 aromatic rings. The smallest absolute Gasteiger partial charge is 0.251 e. The number of halogens is 1. The number of hydrogen-bond acceptors (Lipinski definition) is 6. The molecule has 0 aliphatic heterocycles. The molecule has 0 unspecified atom stereocenters. The van der Waals surface area contributed by atoms with Crippen LogP contribution in [0.25, 0.3) is 33.1 Å². The van der Waals surface area contributed by atoms with E-state index in [1.807, 2.05) is 31.0 Å². The highest BCUT2D eigenvalue weighted by atomic mass is 35.5. The van der Waals surface area contributed by atoms with Gasteiger partial charge in [-0.1, -0.05) is 30.7 Å². The molecule has 10 heteroatoms. The molecule has 190 valence electrons. The molecular weight excluding hydrogens is 500 g/mol. The first-order chi connectivity index (χ1) is 17.2. The molecule has 8 nitrogen and oxygen atoms in total. The minimum absolute atomic E-state index is 0.00917. The molecule has 0 bridgehead atoms. The van der Waals surface area contributed by atoms with Gasteiger partial charge in [0.2, 0.25) is 0 Å². The highest BCUT2D eigenvalue weighted by molar-refractivity contribution is 7.91. The fraction of sp³-hybridized carbons (Fsp3) is 0.308. The lowest BCUT2D eigenvalue weighted by atomic mass is 9.94. The second kappa shape index (κ2) is 10.6. The highest BCUT2D eigenvalue weighted by Gasteiger charge is 2.21. The number of H-pyrrole nitrogens is 1. The molecule has 0 aliphatic rings. The normalized spacial score (nSPS) is 12.1. The van der Waals surface area contributed by atoms with E-state index < -0.39 is 9.84 Å². The number of benzene rings is 2. The van der Waals surface area contributed by atoms with Crippen LogP contribution in [0.1, 0.15) is 22.8 Å². The zero-order valence-electron chi connectivity index (χ0n) is 20.4. The van der Waals surface area contributed by atoms with Crippen LogP contribution in [0.4, 0.5) is 0 Å². The Bertz CT molecular complexity index is 1550. The van der Waals surface area contributed by atoms with E-state index in [1.54, 1.807) is 37.4 Å². The van der Waals surface area contributed by atoms with Gasteiger partial charge in [0.1, 0.15) is 5.65 Å². The van der Waals surface area contributed by atoms with Crippen LogP contribution in [0.15, 0.2) is 47.5 Å². The molecule has 2 aromatic heterocycles. The Morgan fingerprint density at radius 1 is 1.22 bits per heavy atom. The molecule has 0 radical (unpaired) electrons. The van der Waals surface area contributed by atoms with Crippen molar-refractivity contribution in [1.82, 2.24) is 20.2 Å². The molecule has 1 amide bonds. The van der Waals surface area contributed by atoms with Crippen LogP contribution in [0.5, 0.6) is 0 Å². The van der Waals surface area contributed by atoms with Gasteiger partial charge in [-0.2, -0.15) is 0 Å². The van der Waals surface area contributed by atoms with Gasteiger partial charge in [-0.05, 0) is 54.9 Å². The molecule has 0 saturated carbocycles. The molecule has 36 heavy (non-hydrogen) atoms. The van der Waals surface area contributed by atoms with Crippen LogP contribution in [-0.4, -0.2) is 73.3 Å². The van der Waals surface area contributed by atoms with E-state index >= 15 is 0 Å². The summed E-state index contributed by atoms with van der Waals surface area (Å²) in [6.45, 7) is 5.05. The van der Waals surface area contributed by atoms with E-state index in [9.17, 15) is 13.2 Å². The molecule has 3 N–H and O–H groups in total. The van der Waals surface area contributed by atoms with Crippen molar-refractivity contribution in [3.63, 3.8) is 0 Å². The van der Waals surface area contributed by atoms with Crippen LogP contribution in [-0.2, 0) is 9.84 Å². The number of carbonyl (C=O) groups is 1. The van der Waals surface area contributed by atoms with Gasteiger partial charge in [-0.3, -0.25) is 4.79 Å². The first-order valence-corrected chi connectivity index (χ1v) is 13.7. The number of likely N-dealkylation sites (N-methyl/N-ethyl adjacent to an activating group) is 1. The fourth-order valence-corrected chi connectivity index (χ4v) is 5.37. The van der Waals surface area contributed by atoms with Gasteiger partial charge in [0.05, 0.1) is 27.8 Å². The largest absolute Gasteiger partial charge is 0.395 e. The highest BCUT2D eigenvalue weighted by Crippen LogP contribution is 2.38. The quantitative estimate of drug-likeness (QED) is 0.304. The summed E-state index contributed by atoms with van der Waals surface area (Å²) in [4.78, 5) is 23.1. The van der Waals surface area contributed by atoms with E-state index in [2.05, 4.69) is 15.3 Å². The number of aromatic amines is 1. The summed E-state index contributed by atoms with van der Waals surface area (Å²) in [7, 11) is -1.55. The van der Waals surface area contributed by atoms with Gasteiger partial charge < -0.3 is 20.3 Å². The van der Waals surface area contributed by atoms with E-state index in [1.165, 1.54) is 0 Å². The number of aromatic nitrogens is 2. The van der Waals surface area contributed by atoms with Crippen molar-refractivity contribution in [2.24, 2.45) is 0 Å². The lowest BCUT2D eigenvalue weighted by Crippen LogP contribution is -2.34. The maximum Gasteiger partial charge on any atom is 0.251 e. The number of fused-ring (bicyclic) bond motifs is 3. The first-order valence-electron chi connectivity index (χ1n) is 11.7. The van der Waals surface area contributed by atoms with Crippen molar-refractivity contribution < 1.29 is 18.3 Å². The number of aryl methyl sites for hydroxylation is 1. The van der Waals surface area contributed by atoms with Crippen molar-refractivity contribution in [3.8, 4) is 11.1 Å². The minimum atomic E-state index is -3.42. The first kappa shape index (κ1) is 26.1. The van der Waals surface area contributed by atoms with Crippen molar-refractivity contribution >= 4 is 49.3 Å². The zero-order chi connectivity index (χ0) is 26.0. The van der Waals surface area contributed by atoms with Gasteiger partial charge in [0.15, 0.2) is 9.84 Å². The summed E-state index contributed by atoms with van der Waals surface area (Å²) >= 11 is 6.27. The molecule has 4 rings (SSSR count). The third-order valence-corrected chi connectivity index (χ3v) is 8.28.